The van der Waals surface area contributed by atoms with Crippen molar-refractivity contribution in [2.75, 3.05) is 4.90 Å². The van der Waals surface area contributed by atoms with Crippen molar-refractivity contribution in [1.29, 1.82) is 0 Å². The van der Waals surface area contributed by atoms with Gasteiger partial charge in [0.05, 0.1) is 33.5 Å². The zero-order chi connectivity index (χ0) is 41.9. The van der Waals surface area contributed by atoms with E-state index in [1.54, 1.807) is 0 Å². The van der Waals surface area contributed by atoms with E-state index in [1.807, 2.05) is 0 Å². The lowest BCUT2D eigenvalue weighted by atomic mass is 9.89. The molecule has 2 atom stereocenters. The van der Waals surface area contributed by atoms with Crippen molar-refractivity contribution in [1.82, 2.24) is 9.13 Å². The van der Waals surface area contributed by atoms with Crippen molar-refractivity contribution in [3.8, 4) is 33.6 Å². The highest BCUT2D eigenvalue weighted by atomic mass is 16.3. The summed E-state index contributed by atoms with van der Waals surface area (Å²) in [5.41, 5.74) is 17.2. The minimum atomic E-state index is 0.219. The quantitative estimate of drug-likeness (QED) is 0.173. The third-order valence-corrected chi connectivity index (χ3v) is 13.8. The number of hydrogen-bond acceptors (Lipinski definition) is 2. The number of hydrogen-bond donors (Lipinski definition) is 0. The van der Waals surface area contributed by atoms with Gasteiger partial charge in [-0.25, -0.2) is 0 Å². The maximum Gasteiger partial charge on any atom is 0.137 e. The average molecular weight is 818 g/mol. The first kappa shape index (κ1) is 35.3. The van der Waals surface area contributed by atoms with Gasteiger partial charge in [0.2, 0.25) is 0 Å². The summed E-state index contributed by atoms with van der Waals surface area (Å²) < 4.78 is 11.6. The molecule has 4 nitrogen and oxygen atoms in total. The summed E-state index contributed by atoms with van der Waals surface area (Å²) in [5.74, 6) is 0.245. The molecule has 0 saturated heterocycles. The van der Waals surface area contributed by atoms with Crippen molar-refractivity contribution in [2.45, 2.75) is 12.0 Å². The van der Waals surface area contributed by atoms with Crippen LogP contribution < -0.4 is 4.90 Å². The van der Waals surface area contributed by atoms with Crippen LogP contribution in [0.2, 0.25) is 0 Å². The van der Waals surface area contributed by atoms with Crippen LogP contribution in [0.3, 0.4) is 0 Å². The number of aromatic nitrogens is 2. The molecule has 0 bridgehead atoms. The van der Waals surface area contributed by atoms with Gasteiger partial charge < -0.3 is 18.5 Å². The predicted molar refractivity (Wildman–Crippen MR) is 267 cm³/mol. The molecular formula is C60H39N3O. The fourth-order valence-corrected chi connectivity index (χ4v) is 11.1. The third kappa shape index (κ3) is 5.11. The van der Waals surface area contributed by atoms with E-state index in [0.29, 0.717) is 0 Å². The Morgan fingerprint density at radius 1 is 0.359 bits per heavy atom. The number of fused-ring (bicyclic) bond motifs is 8. The molecule has 4 heteroatoms. The van der Waals surface area contributed by atoms with Gasteiger partial charge in [0.1, 0.15) is 11.2 Å². The summed E-state index contributed by atoms with van der Waals surface area (Å²) >= 11 is 0. The Morgan fingerprint density at radius 3 is 1.81 bits per heavy atom. The largest absolute Gasteiger partial charge is 0.456 e. The summed E-state index contributed by atoms with van der Waals surface area (Å²) in [6, 6.07) is 73.4. The predicted octanol–water partition coefficient (Wildman–Crippen LogP) is 15.8. The minimum absolute atomic E-state index is 0.219. The summed E-state index contributed by atoms with van der Waals surface area (Å²) in [4.78, 5) is 2.50. The molecule has 300 valence electrons. The summed E-state index contributed by atoms with van der Waals surface area (Å²) in [6.45, 7) is 0. The van der Waals surface area contributed by atoms with E-state index in [9.17, 15) is 0 Å². The molecule has 9 aromatic carbocycles. The molecule has 0 spiro atoms. The highest BCUT2D eigenvalue weighted by Crippen LogP contribution is 2.50. The summed E-state index contributed by atoms with van der Waals surface area (Å²) in [5, 5.41) is 7.10. The molecule has 0 saturated carbocycles. The lowest BCUT2D eigenvalue weighted by Gasteiger charge is -2.28. The van der Waals surface area contributed by atoms with Gasteiger partial charge in [-0.1, -0.05) is 127 Å². The molecule has 4 heterocycles. The van der Waals surface area contributed by atoms with Crippen molar-refractivity contribution >= 4 is 76.9 Å². The van der Waals surface area contributed by atoms with Gasteiger partial charge in [-0.3, -0.25) is 0 Å². The van der Waals surface area contributed by atoms with Crippen LogP contribution in [0, 0.1) is 0 Å². The minimum Gasteiger partial charge on any atom is -0.456 e. The van der Waals surface area contributed by atoms with Crippen LogP contribution in [0.15, 0.2) is 229 Å². The van der Waals surface area contributed by atoms with E-state index >= 15 is 0 Å². The maximum atomic E-state index is 6.76. The summed E-state index contributed by atoms with van der Waals surface area (Å²) in [6.07, 6.45) is 9.12. The second-order valence-electron chi connectivity index (χ2n) is 17.2. The molecular weight excluding hydrogens is 779 g/mol. The monoisotopic (exact) mass is 817 g/mol. The number of para-hydroxylation sites is 4. The molecule has 2 aliphatic rings. The Morgan fingerprint density at radius 2 is 0.969 bits per heavy atom. The smallest absolute Gasteiger partial charge is 0.137 e. The first-order valence-corrected chi connectivity index (χ1v) is 22.2. The van der Waals surface area contributed by atoms with Crippen LogP contribution in [0.5, 0.6) is 0 Å². The van der Waals surface area contributed by atoms with E-state index in [1.165, 1.54) is 66.2 Å². The second-order valence-corrected chi connectivity index (χ2v) is 17.2. The number of benzene rings is 9. The van der Waals surface area contributed by atoms with E-state index in [4.69, 9.17) is 4.42 Å². The third-order valence-electron chi connectivity index (χ3n) is 13.8. The van der Waals surface area contributed by atoms with Crippen LogP contribution in [0.25, 0.3) is 99.2 Å². The SMILES string of the molecule is C1=CC2c3cc(-c4cc(-c5ccc6c(c5)c5ccccc5n6-c5ccccc5)cc(-n5c6cccc7oc8ccccc8c8cccc5c8c76)c4)ccc3N(c3ccccc3)C2C=C1. The summed E-state index contributed by atoms with van der Waals surface area (Å²) in [7, 11) is 0. The van der Waals surface area contributed by atoms with Crippen LogP contribution in [-0.4, -0.2) is 15.2 Å². The lowest BCUT2D eigenvalue weighted by molar-refractivity contribution is 0.664. The van der Waals surface area contributed by atoms with Crippen LogP contribution in [-0.2, 0) is 0 Å². The molecule has 14 rings (SSSR count). The molecule has 1 aliphatic heterocycles. The highest BCUT2D eigenvalue weighted by Gasteiger charge is 2.37. The number of allylic oxidation sites excluding steroid dienone is 2. The molecule has 2 unspecified atom stereocenters. The first-order chi connectivity index (χ1) is 31.7. The van der Waals surface area contributed by atoms with Gasteiger partial charge in [-0.15, -0.1) is 0 Å². The molecule has 1 aliphatic carbocycles. The van der Waals surface area contributed by atoms with E-state index in [2.05, 4.69) is 239 Å². The second kappa shape index (κ2) is 13.6. The van der Waals surface area contributed by atoms with Gasteiger partial charge in [0.25, 0.3) is 0 Å². The first-order valence-electron chi connectivity index (χ1n) is 22.2. The van der Waals surface area contributed by atoms with Gasteiger partial charge >= 0.3 is 0 Å². The molecule has 3 aromatic heterocycles. The van der Waals surface area contributed by atoms with E-state index in [-0.39, 0.29) is 12.0 Å². The van der Waals surface area contributed by atoms with Gasteiger partial charge in [-0.2, -0.15) is 0 Å². The maximum absolute atomic E-state index is 6.76. The van der Waals surface area contributed by atoms with Gasteiger partial charge in [0.15, 0.2) is 0 Å². The van der Waals surface area contributed by atoms with E-state index in [0.717, 1.165) is 49.9 Å². The number of anilines is 2. The van der Waals surface area contributed by atoms with Crippen molar-refractivity contribution in [3.63, 3.8) is 0 Å². The van der Waals surface area contributed by atoms with Crippen LogP contribution >= 0.6 is 0 Å². The molecule has 0 radical (unpaired) electrons. The number of nitrogens with zero attached hydrogens (tertiary/aromatic N) is 3. The standard InChI is InChI=1S/C60H39N3O/c1-3-15-42(16-4-1)61-51-23-10-7-19-45(51)49-36-38(29-31-53(49)61)40-33-41(39-30-32-54-50(37-39)46-20-8-11-24-52(46)62(54)43-17-5-2-6-18-43)35-44(34-40)63-55-25-13-22-48-47-21-9-12-27-57(47)64-58-28-14-26-56(63)60(58)59(48)55/h1-37,45,51H. The van der Waals surface area contributed by atoms with Gasteiger partial charge in [-0.05, 0) is 130 Å². The van der Waals surface area contributed by atoms with Crippen molar-refractivity contribution in [2.24, 2.45) is 0 Å². The average Bonchev–Trinajstić information content (AvgIpc) is 3.96. The Labute approximate surface area is 369 Å². The molecule has 12 aromatic rings. The highest BCUT2D eigenvalue weighted by molar-refractivity contribution is 6.26. The Kier molecular flexibility index (Phi) is 7.48. The normalized spacial score (nSPS) is 15.7. The van der Waals surface area contributed by atoms with E-state index < -0.39 is 0 Å². The topological polar surface area (TPSA) is 26.2 Å². The Balaban J connectivity index is 1.03. The molecule has 64 heavy (non-hydrogen) atoms. The van der Waals surface area contributed by atoms with Crippen molar-refractivity contribution in [3.05, 3.63) is 230 Å². The molecule has 0 amide bonds. The van der Waals surface area contributed by atoms with Crippen LogP contribution in [0.4, 0.5) is 11.4 Å². The zero-order valence-corrected chi connectivity index (χ0v) is 34.8. The Bertz CT molecular complexity index is 3920. The Hall–Kier alpha value is -8.34. The van der Waals surface area contributed by atoms with Crippen LogP contribution in [0.1, 0.15) is 11.5 Å². The fraction of sp³-hybridized carbons (Fsp3) is 0.0333. The number of rotatable bonds is 5. The molecule has 0 N–H and O–H groups in total. The molecule has 0 fully saturated rings. The zero-order valence-electron chi connectivity index (χ0n) is 34.8. The lowest BCUT2D eigenvalue weighted by Crippen LogP contribution is -2.28. The fourth-order valence-electron chi connectivity index (χ4n) is 11.1. The van der Waals surface area contributed by atoms with Gasteiger partial charge in [0, 0.05) is 50.2 Å². The van der Waals surface area contributed by atoms with Crippen molar-refractivity contribution < 1.29 is 4.42 Å².